The SMILES string of the molecule is C/C=C(/C)C(=O)OC/C=C/C. The van der Waals surface area contributed by atoms with Gasteiger partial charge in [0.1, 0.15) is 6.61 Å². The topological polar surface area (TPSA) is 26.3 Å². The largest absolute Gasteiger partial charge is 0.458 e. The zero-order valence-electron chi connectivity index (χ0n) is 7.26. The maximum Gasteiger partial charge on any atom is 0.333 e. The molecule has 0 aliphatic heterocycles. The second kappa shape index (κ2) is 5.71. The Hall–Kier alpha value is -1.05. The van der Waals surface area contributed by atoms with Crippen LogP contribution in [0.1, 0.15) is 20.8 Å². The summed E-state index contributed by atoms with van der Waals surface area (Å²) >= 11 is 0. The van der Waals surface area contributed by atoms with Crippen molar-refractivity contribution in [1.29, 1.82) is 0 Å². The first-order valence-electron chi connectivity index (χ1n) is 3.63. The summed E-state index contributed by atoms with van der Waals surface area (Å²) in [4.78, 5) is 10.9. The zero-order chi connectivity index (χ0) is 8.69. The van der Waals surface area contributed by atoms with E-state index in [-0.39, 0.29) is 5.97 Å². The fourth-order valence-electron chi connectivity index (χ4n) is 0.452. The number of carbonyl (C=O) groups excluding carboxylic acids is 1. The fraction of sp³-hybridized carbons (Fsp3) is 0.444. The van der Waals surface area contributed by atoms with Gasteiger partial charge >= 0.3 is 5.97 Å². The molecule has 0 saturated carbocycles. The van der Waals surface area contributed by atoms with Crippen molar-refractivity contribution in [3.63, 3.8) is 0 Å². The summed E-state index contributed by atoms with van der Waals surface area (Å²) < 4.78 is 4.84. The highest BCUT2D eigenvalue weighted by molar-refractivity contribution is 5.87. The predicted octanol–water partition coefficient (Wildman–Crippen LogP) is 2.07. The van der Waals surface area contributed by atoms with E-state index in [1.165, 1.54) is 0 Å². The third-order valence-electron chi connectivity index (χ3n) is 1.30. The van der Waals surface area contributed by atoms with Crippen LogP contribution >= 0.6 is 0 Å². The van der Waals surface area contributed by atoms with Crippen LogP contribution in [0.5, 0.6) is 0 Å². The van der Waals surface area contributed by atoms with E-state index >= 15 is 0 Å². The van der Waals surface area contributed by atoms with Crippen molar-refractivity contribution in [1.82, 2.24) is 0 Å². The summed E-state index contributed by atoms with van der Waals surface area (Å²) in [5.41, 5.74) is 0.648. The van der Waals surface area contributed by atoms with Crippen molar-refractivity contribution >= 4 is 5.97 Å². The third-order valence-corrected chi connectivity index (χ3v) is 1.30. The summed E-state index contributed by atoms with van der Waals surface area (Å²) in [5.74, 6) is -0.245. The molecule has 0 bridgehead atoms. The molecular weight excluding hydrogens is 140 g/mol. The van der Waals surface area contributed by atoms with Gasteiger partial charge in [-0.15, -0.1) is 0 Å². The average molecular weight is 154 g/mol. The molecule has 62 valence electrons. The number of hydrogen-bond acceptors (Lipinski definition) is 2. The summed E-state index contributed by atoms with van der Waals surface area (Å²) in [6, 6.07) is 0. The Morgan fingerprint density at radius 2 is 2.09 bits per heavy atom. The summed E-state index contributed by atoms with van der Waals surface area (Å²) in [6.45, 7) is 5.79. The fourth-order valence-corrected chi connectivity index (χ4v) is 0.452. The van der Waals surface area contributed by atoms with E-state index < -0.39 is 0 Å². The first-order chi connectivity index (χ1) is 5.22. The van der Waals surface area contributed by atoms with Crippen molar-refractivity contribution in [2.75, 3.05) is 6.61 Å². The van der Waals surface area contributed by atoms with E-state index in [1.54, 1.807) is 19.1 Å². The molecule has 0 aliphatic rings. The van der Waals surface area contributed by atoms with Crippen LogP contribution in [0.25, 0.3) is 0 Å². The Bertz CT molecular complexity index is 178. The molecule has 0 aromatic carbocycles. The van der Waals surface area contributed by atoms with Crippen LogP contribution in [0.3, 0.4) is 0 Å². The van der Waals surface area contributed by atoms with Gasteiger partial charge in [0.25, 0.3) is 0 Å². The Kier molecular flexibility index (Phi) is 5.17. The number of rotatable bonds is 3. The molecule has 0 unspecified atom stereocenters. The van der Waals surface area contributed by atoms with E-state index in [9.17, 15) is 4.79 Å². The Balaban J connectivity index is 3.70. The minimum Gasteiger partial charge on any atom is -0.458 e. The van der Waals surface area contributed by atoms with Crippen molar-refractivity contribution in [2.45, 2.75) is 20.8 Å². The van der Waals surface area contributed by atoms with Gasteiger partial charge in [0.05, 0.1) is 0 Å². The molecule has 0 N–H and O–H groups in total. The number of ether oxygens (including phenoxy) is 1. The van der Waals surface area contributed by atoms with Crippen molar-refractivity contribution < 1.29 is 9.53 Å². The van der Waals surface area contributed by atoms with Crippen LogP contribution in [-0.2, 0) is 9.53 Å². The summed E-state index contributed by atoms with van der Waals surface area (Å²) in [7, 11) is 0. The predicted molar refractivity (Wildman–Crippen MR) is 45.2 cm³/mol. The minimum atomic E-state index is -0.245. The van der Waals surface area contributed by atoms with Crippen LogP contribution in [-0.4, -0.2) is 12.6 Å². The van der Waals surface area contributed by atoms with Gasteiger partial charge in [-0.2, -0.15) is 0 Å². The van der Waals surface area contributed by atoms with Gasteiger partial charge in [-0.1, -0.05) is 18.2 Å². The highest BCUT2D eigenvalue weighted by Crippen LogP contribution is 1.95. The van der Waals surface area contributed by atoms with Gasteiger partial charge in [-0.05, 0) is 20.8 Å². The molecule has 2 nitrogen and oxygen atoms in total. The molecule has 0 fully saturated rings. The smallest absolute Gasteiger partial charge is 0.333 e. The third kappa shape index (κ3) is 4.37. The van der Waals surface area contributed by atoms with Crippen LogP contribution in [0.2, 0.25) is 0 Å². The molecule has 0 aromatic rings. The van der Waals surface area contributed by atoms with Crippen LogP contribution in [0.4, 0.5) is 0 Å². The van der Waals surface area contributed by atoms with E-state index in [2.05, 4.69) is 0 Å². The van der Waals surface area contributed by atoms with Crippen LogP contribution < -0.4 is 0 Å². The molecule has 0 rings (SSSR count). The van der Waals surface area contributed by atoms with Gasteiger partial charge in [0.2, 0.25) is 0 Å². The second-order valence-electron chi connectivity index (χ2n) is 2.14. The standard InChI is InChI=1S/C9H14O2/c1-4-6-7-11-9(10)8(3)5-2/h4-6H,7H2,1-3H3/b6-4+,8-5-. The quantitative estimate of drug-likeness (QED) is 0.353. The number of allylic oxidation sites excluding steroid dienone is 2. The van der Waals surface area contributed by atoms with Crippen molar-refractivity contribution in [3.05, 3.63) is 23.8 Å². The van der Waals surface area contributed by atoms with Gasteiger partial charge in [0.15, 0.2) is 0 Å². The number of hydrogen-bond donors (Lipinski definition) is 0. The van der Waals surface area contributed by atoms with E-state index in [0.29, 0.717) is 12.2 Å². The monoisotopic (exact) mass is 154 g/mol. The number of esters is 1. The van der Waals surface area contributed by atoms with Crippen molar-refractivity contribution in [2.24, 2.45) is 0 Å². The molecule has 0 radical (unpaired) electrons. The second-order valence-corrected chi connectivity index (χ2v) is 2.14. The average Bonchev–Trinajstić information content (AvgIpc) is 2.03. The van der Waals surface area contributed by atoms with Gasteiger partial charge < -0.3 is 4.74 Å². The maximum atomic E-state index is 10.9. The first kappa shape index (κ1) is 9.95. The lowest BCUT2D eigenvalue weighted by atomic mass is 10.3. The molecule has 0 saturated heterocycles. The number of carbonyl (C=O) groups is 1. The molecular formula is C9H14O2. The van der Waals surface area contributed by atoms with E-state index in [0.717, 1.165) is 0 Å². The molecule has 0 atom stereocenters. The Morgan fingerprint density at radius 3 is 2.55 bits per heavy atom. The lowest BCUT2D eigenvalue weighted by molar-refractivity contribution is -0.137. The molecule has 0 aliphatic carbocycles. The molecule has 2 heteroatoms. The summed E-state index contributed by atoms with van der Waals surface area (Å²) in [6.07, 6.45) is 5.37. The molecule has 0 spiro atoms. The van der Waals surface area contributed by atoms with Crippen molar-refractivity contribution in [3.8, 4) is 0 Å². The van der Waals surface area contributed by atoms with Gasteiger partial charge in [-0.3, -0.25) is 0 Å². The first-order valence-corrected chi connectivity index (χ1v) is 3.63. The Morgan fingerprint density at radius 1 is 1.45 bits per heavy atom. The lowest BCUT2D eigenvalue weighted by Crippen LogP contribution is -2.05. The Labute approximate surface area is 67.6 Å². The maximum absolute atomic E-state index is 10.9. The molecule has 0 aromatic heterocycles. The zero-order valence-corrected chi connectivity index (χ0v) is 7.26. The molecule has 11 heavy (non-hydrogen) atoms. The van der Waals surface area contributed by atoms with Gasteiger partial charge in [0, 0.05) is 5.57 Å². The van der Waals surface area contributed by atoms with Gasteiger partial charge in [-0.25, -0.2) is 4.79 Å². The summed E-state index contributed by atoms with van der Waals surface area (Å²) in [5, 5.41) is 0. The van der Waals surface area contributed by atoms with Crippen LogP contribution in [0, 0.1) is 0 Å². The lowest BCUT2D eigenvalue weighted by Gasteiger charge is -1.99. The normalized spacial score (nSPS) is 12.1. The molecule has 0 heterocycles. The highest BCUT2D eigenvalue weighted by atomic mass is 16.5. The molecule has 0 amide bonds. The van der Waals surface area contributed by atoms with E-state index in [4.69, 9.17) is 4.74 Å². The highest BCUT2D eigenvalue weighted by Gasteiger charge is 2.01. The minimum absolute atomic E-state index is 0.245. The van der Waals surface area contributed by atoms with Crippen LogP contribution in [0.15, 0.2) is 23.8 Å². The van der Waals surface area contributed by atoms with E-state index in [1.807, 2.05) is 19.9 Å².